The lowest BCUT2D eigenvalue weighted by atomic mass is 10.2. The number of halogens is 2. The van der Waals surface area contributed by atoms with Gasteiger partial charge in [-0.15, -0.1) is 24.0 Å². The fourth-order valence-electron chi connectivity index (χ4n) is 2.87. The number of aromatic nitrogens is 2. The van der Waals surface area contributed by atoms with Crippen LogP contribution in [0.3, 0.4) is 0 Å². The number of carbonyl (C=O) groups is 1. The van der Waals surface area contributed by atoms with Crippen molar-refractivity contribution in [2.24, 2.45) is 4.99 Å². The van der Waals surface area contributed by atoms with Crippen LogP contribution in [-0.4, -0.2) is 64.5 Å². The summed E-state index contributed by atoms with van der Waals surface area (Å²) in [6.45, 7) is 7.52. The molecule has 10 heteroatoms. The van der Waals surface area contributed by atoms with Gasteiger partial charge in [0.25, 0.3) is 0 Å². The number of rotatable bonds is 4. The van der Waals surface area contributed by atoms with Crippen LogP contribution in [0.2, 0.25) is 5.02 Å². The van der Waals surface area contributed by atoms with Gasteiger partial charge in [0.1, 0.15) is 6.54 Å². The summed E-state index contributed by atoms with van der Waals surface area (Å²) >= 11 is 6.01. The molecule has 1 aliphatic heterocycles. The molecular formula is C18H24ClIN6O2. The SMILES string of the molecule is CCNC(=NCc1nc(-c2cccc(Cl)c2)no1)N1CCN(C(C)=O)CC1.I. The maximum absolute atomic E-state index is 11.5. The summed E-state index contributed by atoms with van der Waals surface area (Å²) in [4.78, 5) is 24.5. The Morgan fingerprint density at radius 1 is 1.29 bits per heavy atom. The Morgan fingerprint density at radius 3 is 2.64 bits per heavy atom. The number of piperazine rings is 1. The molecule has 0 bridgehead atoms. The van der Waals surface area contributed by atoms with E-state index in [9.17, 15) is 4.79 Å². The van der Waals surface area contributed by atoms with E-state index in [2.05, 4.69) is 25.3 Å². The van der Waals surface area contributed by atoms with Crippen molar-refractivity contribution in [1.29, 1.82) is 0 Å². The lowest BCUT2D eigenvalue weighted by molar-refractivity contribution is -0.130. The summed E-state index contributed by atoms with van der Waals surface area (Å²) in [6.07, 6.45) is 0. The van der Waals surface area contributed by atoms with Crippen molar-refractivity contribution >= 4 is 47.4 Å². The Labute approximate surface area is 186 Å². The molecule has 1 fully saturated rings. The number of hydrogen-bond acceptors (Lipinski definition) is 5. The average Bonchev–Trinajstić information content (AvgIpc) is 3.14. The molecule has 1 aromatic heterocycles. The number of guanidine groups is 1. The van der Waals surface area contributed by atoms with Crippen LogP contribution in [0.4, 0.5) is 0 Å². The van der Waals surface area contributed by atoms with E-state index in [4.69, 9.17) is 16.1 Å². The topological polar surface area (TPSA) is 86.9 Å². The summed E-state index contributed by atoms with van der Waals surface area (Å²) in [7, 11) is 0. The first kappa shape index (κ1) is 22.4. The summed E-state index contributed by atoms with van der Waals surface area (Å²) < 4.78 is 5.31. The second-order valence-electron chi connectivity index (χ2n) is 6.19. The van der Waals surface area contributed by atoms with Crippen LogP contribution in [0.1, 0.15) is 19.7 Å². The summed E-state index contributed by atoms with van der Waals surface area (Å²) in [6, 6.07) is 7.31. The van der Waals surface area contributed by atoms with E-state index in [1.54, 1.807) is 19.1 Å². The van der Waals surface area contributed by atoms with Crippen molar-refractivity contribution in [2.75, 3.05) is 32.7 Å². The number of hydrogen-bond donors (Lipinski definition) is 1. The second kappa shape index (κ2) is 10.6. The minimum atomic E-state index is 0. The monoisotopic (exact) mass is 518 g/mol. The predicted octanol–water partition coefficient (Wildman–Crippen LogP) is 2.64. The molecule has 0 aliphatic carbocycles. The minimum absolute atomic E-state index is 0. The van der Waals surface area contributed by atoms with Crippen molar-refractivity contribution in [3.8, 4) is 11.4 Å². The maximum Gasteiger partial charge on any atom is 0.248 e. The highest BCUT2D eigenvalue weighted by Crippen LogP contribution is 2.20. The Hall–Kier alpha value is -1.88. The first-order chi connectivity index (χ1) is 13.1. The van der Waals surface area contributed by atoms with Gasteiger partial charge in [-0.3, -0.25) is 4.79 Å². The standard InChI is InChI=1S/C18H23ClN6O2.HI/c1-3-20-18(25-9-7-24(8-10-25)13(2)26)21-12-16-22-17(23-27-16)14-5-4-6-15(19)11-14;/h4-6,11H,3,7-10,12H2,1-2H3,(H,20,21);1H. The molecule has 1 amide bonds. The quantitative estimate of drug-likeness (QED) is 0.380. The second-order valence-corrected chi connectivity index (χ2v) is 6.62. The third kappa shape index (κ3) is 5.81. The highest BCUT2D eigenvalue weighted by atomic mass is 127. The normalized spacial score (nSPS) is 14.6. The van der Waals surface area contributed by atoms with Crippen LogP contribution < -0.4 is 5.32 Å². The molecule has 2 heterocycles. The molecule has 2 aromatic rings. The van der Waals surface area contributed by atoms with Crippen molar-refractivity contribution < 1.29 is 9.32 Å². The summed E-state index contributed by atoms with van der Waals surface area (Å²) in [5.74, 6) is 1.81. The third-order valence-electron chi connectivity index (χ3n) is 4.27. The van der Waals surface area contributed by atoms with Gasteiger partial charge in [0.05, 0.1) is 0 Å². The molecule has 3 rings (SSSR count). The fourth-order valence-corrected chi connectivity index (χ4v) is 3.06. The maximum atomic E-state index is 11.5. The van der Waals surface area contributed by atoms with E-state index < -0.39 is 0 Å². The van der Waals surface area contributed by atoms with Gasteiger partial charge in [-0.2, -0.15) is 4.98 Å². The van der Waals surface area contributed by atoms with E-state index in [0.717, 1.165) is 31.2 Å². The van der Waals surface area contributed by atoms with Gasteiger partial charge in [0, 0.05) is 50.2 Å². The Morgan fingerprint density at radius 2 is 2.00 bits per heavy atom. The van der Waals surface area contributed by atoms with Crippen LogP contribution >= 0.6 is 35.6 Å². The number of nitrogens with one attached hydrogen (secondary N) is 1. The smallest absolute Gasteiger partial charge is 0.248 e. The Balaban J connectivity index is 0.00000280. The molecule has 0 spiro atoms. The van der Waals surface area contributed by atoms with Crippen molar-refractivity contribution in [2.45, 2.75) is 20.4 Å². The van der Waals surface area contributed by atoms with Crippen LogP contribution in [0.15, 0.2) is 33.8 Å². The van der Waals surface area contributed by atoms with Crippen LogP contribution in [-0.2, 0) is 11.3 Å². The van der Waals surface area contributed by atoms with Gasteiger partial charge >= 0.3 is 0 Å². The van der Waals surface area contributed by atoms with Crippen molar-refractivity contribution in [1.82, 2.24) is 25.3 Å². The van der Waals surface area contributed by atoms with E-state index >= 15 is 0 Å². The predicted molar refractivity (Wildman–Crippen MR) is 119 cm³/mol. The zero-order valence-electron chi connectivity index (χ0n) is 15.9. The molecule has 1 N–H and O–H groups in total. The molecule has 0 unspecified atom stereocenters. The highest BCUT2D eigenvalue weighted by molar-refractivity contribution is 14.0. The molecule has 28 heavy (non-hydrogen) atoms. The number of aliphatic imine (C=N–C) groups is 1. The van der Waals surface area contributed by atoms with Crippen LogP contribution in [0.5, 0.6) is 0 Å². The largest absolute Gasteiger partial charge is 0.357 e. The molecule has 1 saturated heterocycles. The van der Waals surface area contributed by atoms with Gasteiger partial charge in [0.15, 0.2) is 5.96 Å². The molecule has 0 saturated carbocycles. The molecule has 0 atom stereocenters. The van der Waals surface area contributed by atoms with E-state index in [1.165, 1.54) is 0 Å². The average molecular weight is 519 g/mol. The number of benzene rings is 1. The molecule has 1 aliphatic rings. The molecule has 8 nitrogen and oxygen atoms in total. The first-order valence-corrected chi connectivity index (χ1v) is 9.32. The molecule has 152 valence electrons. The lowest BCUT2D eigenvalue weighted by Gasteiger charge is -2.36. The van der Waals surface area contributed by atoms with Crippen molar-refractivity contribution in [3.05, 3.63) is 35.2 Å². The Kier molecular flexibility index (Phi) is 8.49. The first-order valence-electron chi connectivity index (χ1n) is 8.94. The number of carbonyl (C=O) groups excluding carboxylic acids is 1. The van der Waals surface area contributed by atoms with Gasteiger partial charge in [-0.1, -0.05) is 28.9 Å². The number of amides is 1. The molecular weight excluding hydrogens is 495 g/mol. The summed E-state index contributed by atoms with van der Waals surface area (Å²) in [5, 5.41) is 7.90. The molecule has 1 aromatic carbocycles. The summed E-state index contributed by atoms with van der Waals surface area (Å²) in [5.41, 5.74) is 0.800. The van der Waals surface area contributed by atoms with Crippen LogP contribution in [0, 0.1) is 0 Å². The Bertz CT molecular complexity index is 820. The zero-order chi connectivity index (χ0) is 19.2. The van der Waals surface area contributed by atoms with E-state index in [0.29, 0.717) is 29.8 Å². The van der Waals surface area contributed by atoms with Crippen LogP contribution in [0.25, 0.3) is 11.4 Å². The van der Waals surface area contributed by atoms with E-state index in [-0.39, 0.29) is 36.4 Å². The van der Waals surface area contributed by atoms with E-state index in [1.807, 2.05) is 24.0 Å². The van der Waals surface area contributed by atoms with Gasteiger partial charge < -0.3 is 19.6 Å². The van der Waals surface area contributed by atoms with Gasteiger partial charge in [-0.05, 0) is 19.1 Å². The van der Waals surface area contributed by atoms with Gasteiger partial charge in [-0.25, -0.2) is 4.99 Å². The van der Waals surface area contributed by atoms with Crippen molar-refractivity contribution in [3.63, 3.8) is 0 Å². The minimum Gasteiger partial charge on any atom is -0.357 e. The number of nitrogens with zero attached hydrogens (tertiary/aromatic N) is 5. The fraction of sp³-hybridized carbons (Fsp3) is 0.444. The third-order valence-corrected chi connectivity index (χ3v) is 4.51. The molecule has 0 radical (unpaired) electrons. The van der Waals surface area contributed by atoms with Gasteiger partial charge in [0.2, 0.25) is 17.6 Å². The highest BCUT2D eigenvalue weighted by Gasteiger charge is 2.21. The lowest BCUT2D eigenvalue weighted by Crippen LogP contribution is -2.53. The zero-order valence-corrected chi connectivity index (χ0v) is 19.0.